The number of carbonyl (C=O) groups is 1. The first-order valence-corrected chi connectivity index (χ1v) is 9.48. The standard InChI is InChI=1S/C18H17N3O3S2/c1-11(25-18-20-13-5-3-4-6-16(13)26-18)17(23)21-19-10-12-7-8-14(22)15(9-12)24-2/h3-11,22H,1-2H3,(H,21,23)/b19-10+/t11-/m0/s1. The molecule has 2 aromatic carbocycles. The Hall–Kier alpha value is -2.58. The van der Waals surface area contributed by atoms with Gasteiger partial charge in [0.05, 0.1) is 28.8 Å². The molecule has 2 N–H and O–H groups in total. The summed E-state index contributed by atoms with van der Waals surface area (Å²) in [7, 11) is 1.47. The number of rotatable bonds is 6. The van der Waals surface area contributed by atoms with E-state index >= 15 is 0 Å². The minimum atomic E-state index is -0.331. The van der Waals surface area contributed by atoms with Gasteiger partial charge >= 0.3 is 0 Å². The maximum absolute atomic E-state index is 12.2. The van der Waals surface area contributed by atoms with Crippen molar-refractivity contribution in [3.63, 3.8) is 0 Å². The lowest BCUT2D eigenvalue weighted by Crippen LogP contribution is -2.26. The van der Waals surface area contributed by atoms with Crippen LogP contribution in [0, 0.1) is 0 Å². The van der Waals surface area contributed by atoms with E-state index in [-0.39, 0.29) is 16.9 Å². The molecule has 0 bridgehead atoms. The van der Waals surface area contributed by atoms with E-state index in [4.69, 9.17) is 4.74 Å². The molecule has 3 rings (SSSR count). The number of ether oxygens (including phenoxy) is 1. The molecule has 3 aromatic rings. The van der Waals surface area contributed by atoms with Crippen molar-refractivity contribution in [2.24, 2.45) is 5.10 Å². The summed E-state index contributed by atoms with van der Waals surface area (Å²) in [6.45, 7) is 1.81. The van der Waals surface area contributed by atoms with Crippen molar-refractivity contribution in [1.29, 1.82) is 0 Å². The average molecular weight is 387 g/mol. The highest BCUT2D eigenvalue weighted by molar-refractivity contribution is 8.02. The number of carbonyl (C=O) groups excluding carboxylic acids is 1. The van der Waals surface area contributed by atoms with Gasteiger partial charge in [0.25, 0.3) is 5.91 Å². The molecule has 0 saturated carbocycles. The molecule has 0 aliphatic carbocycles. The maximum Gasteiger partial charge on any atom is 0.253 e. The number of thioether (sulfide) groups is 1. The van der Waals surface area contributed by atoms with Crippen LogP contribution in [-0.4, -0.2) is 34.6 Å². The zero-order valence-electron chi connectivity index (χ0n) is 14.2. The summed E-state index contributed by atoms with van der Waals surface area (Å²) in [5.74, 6) is 0.186. The molecule has 1 amide bonds. The molecule has 0 spiro atoms. The number of aromatic nitrogens is 1. The molecule has 1 heterocycles. The fourth-order valence-electron chi connectivity index (χ4n) is 2.14. The summed E-state index contributed by atoms with van der Waals surface area (Å²) in [4.78, 5) is 16.7. The zero-order valence-corrected chi connectivity index (χ0v) is 15.8. The molecule has 0 aliphatic heterocycles. The third-order valence-corrected chi connectivity index (χ3v) is 5.74. The average Bonchev–Trinajstić information content (AvgIpc) is 3.05. The predicted molar refractivity (Wildman–Crippen MR) is 105 cm³/mol. The van der Waals surface area contributed by atoms with E-state index in [0.29, 0.717) is 11.3 Å². The highest BCUT2D eigenvalue weighted by atomic mass is 32.2. The van der Waals surface area contributed by atoms with Crippen LogP contribution in [0.5, 0.6) is 11.5 Å². The van der Waals surface area contributed by atoms with Crippen molar-refractivity contribution in [3.8, 4) is 11.5 Å². The van der Waals surface area contributed by atoms with Gasteiger partial charge in [-0.25, -0.2) is 10.4 Å². The molecule has 26 heavy (non-hydrogen) atoms. The van der Waals surface area contributed by atoms with E-state index in [0.717, 1.165) is 14.6 Å². The molecule has 0 radical (unpaired) electrons. The second-order valence-electron chi connectivity index (χ2n) is 5.37. The number of para-hydroxylation sites is 1. The van der Waals surface area contributed by atoms with Crippen LogP contribution >= 0.6 is 23.1 Å². The van der Waals surface area contributed by atoms with Crippen molar-refractivity contribution in [1.82, 2.24) is 10.4 Å². The van der Waals surface area contributed by atoms with E-state index in [1.54, 1.807) is 23.5 Å². The lowest BCUT2D eigenvalue weighted by Gasteiger charge is -2.07. The molecule has 1 atom stereocenters. The summed E-state index contributed by atoms with van der Waals surface area (Å²) in [5.41, 5.74) is 4.16. The number of hydrogen-bond donors (Lipinski definition) is 2. The summed E-state index contributed by atoms with van der Waals surface area (Å²) in [6.07, 6.45) is 1.49. The number of phenolic OH excluding ortho intramolecular Hbond substituents is 1. The van der Waals surface area contributed by atoms with Crippen LogP contribution in [-0.2, 0) is 4.79 Å². The highest BCUT2D eigenvalue weighted by Gasteiger charge is 2.16. The first kappa shape index (κ1) is 18.2. The van der Waals surface area contributed by atoms with E-state index in [1.165, 1.54) is 31.2 Å². The van der Waals surface area contributed by atoms with Crippen LogP contribution in [0.2, 0.25) is 0 Å². The Morgan fingerprint density at radius 2 is 2.19 bits per heavy atom. The van der Waals surface area contributed by atoms with Crippen molar-refractivity contribution >= 4 is 45.4 Å². The first-order valence-electron chi connectivity index (χ1n) is 7.79. The highest BCUT2D eigenvalue weighted by Crippen LogP contribution is 2.31. The minimum absolute atomic E-state index is 0.0505. The van der Waals surface area contributed by atoms with Crippen LogP contribution in [0.15, 0.2) is 51.9 Å². The Morgan fingerprint density at radius 3 is 2.96 bits per heavy atom. The molecule has 134 valence electrons. The molecule has 0 aliphatic rings. The second kappa shape index (κ2) is 8.20. The lowest BCUT2D eigenvalue weighted by molar-refractivity contribution is -0.120. The van der Waals surface area contributed by atoms with Crippen LogP contribution in [0.3, 0.4) is 0 Å². The van der Waals surface area contributed by atoms with E-state index < -0.39 is 0 Å². The molecule has 1 aromatic heterocycles. The van der Waals surface area contributed by atoms with Gasteiger partial charge in [-0.3, -0.25) is 4.79 Å². The largest absolute Gasteiger partial charge is 0.504 e. The lowest BCUT2D eigenvalue weighted by atomic mass is 10.2. The van der Waals surface area contributed by atoms with E-state index in [1.807, 2.05) is 31.2 Å². The summed E-state index contributed by atoms with van der Waals surface area (Å²) >= 11 is 2.97. The predicted octanol–water partition coefficient (Wildman–Crippen LogP) is 3.64. The van der Waals surface area contributed by atoms with Crippen molar-refractivity contribution in [2.45, 2.75) is 16.5 Å². The number of hydrogen-bond acceptors (Lipinski definition) is 7. The molecule has 0 fully saturated rings. The number of benzene rings is 2. The summed E-state index contributed by atoms with van der Waals surface area (Å²) in [5, 5.41) is 13.2. The number of nitrogens with one attached hydrogen (secondary N) is 1. The molecule has 6 nitrogen and oxygen atoms in total. The minimum Gasteiger partial charge on any atom is -0.504 e. The topological polar surface area (TPSA) is 83.8 Å². The number of hydrazone groups is 1. The monoisotopic (exact) mass is 387 g/mol. The Bertz CT molecular complexity index is 923. The number of phenols is 1. The van der Waals surface area contributed by atoms with E-state index in [9.17, 15) is 9.90 Å². The molecule has 8 heteroatoms. The smallest absolute Gasteiger partial charge is 0.253 e. The van der Waals surface area contributed by atoms with Gasteiger partial charge < -0.3 is 9.84 Å². The molecular weight excluding hydrogens is 370 g/mol. The van der Waals surface area contributed by atoms with E-state index in [2.05, 4.69) is 15.5 Å². The van der Waals surface area contributed by atoms with Crippen molar-refractivity contribution in [3.05, 3.63) is 48.0 Å². The third kappa shape index (κ3) is 4.33. The molecule has 0 unspecified atom stereocenters. The third-order valence-electron chi connectivity index (χ3n) is 3.51. The van der Waals surface area contributed by atoms with Gasteiger partial charge in [-0.1, -0.05) is 23.9 Å². The molecule has 0 saturated heterocycles. The van der Waals surface area contributed by atoms with Gasteiger partial charge in [-0.05, 0) is 42.8 Å². The SMILES string of the molecule is COc1cc(/C=N/NC(=O)[C@H](C)Sc2nc3ccccc3s2)ccc1O. The fraction of sp³-hybridized carbons (Fsp3) is 0.167. The Balaban J connectivity index is 1.58. The van der Waals surface area contributed by atoms with Crippen molar-refractivity contribution < 1.29 is 14.6 Å². The number of fused-ring (bicyclic) bond motifs is 1. The number of aromatic hydroxyl groups is 1. The molecular formula is C18H17N3O3S2. The van der Waals surface area contributed by atoms with Crippen LogP contribution in [0.4, 0.5) is 0 Å². The number of methoxy groups -OCH3 is 1. The summed E-state index contributed by atoms with van der Waals surface area (Å²) < 4.78 is 6.98. The number of amides is 1. The normalized spacial score (nSPS) is 12.4. The number of nitrogens with zero attached hydrogens (tertiary/aromatic N) is 2. The quantitative estimate of drug-likeness (QED) is 0.383. The van der Waals surface area contributed by atoms with Crippen LogP contribution < -0.4 is 10.2 Å². The van der Waals surface area contributed by atoms with Gasteiger partial charge in [0.15, 0.2) is 15.8 Å². The Kier molecular flexibility index (Phi) is 5.75. The van der Waals surface area contributed by atoms with Gasteiger partial charge in [0.1, 0.15) is 0 Å². The number of thiazole rings is 1. The van der Waals surface area contributed by atoms with Gasteiger partial charge in [0, 0.05) is 0 Å². The van der Waals surface area contributed by atoms with Crippen LogP contribution in [0.25, 0.3) is 10.2 Å². The first-order chi connectivity index (χ1) is 12.6. The zero-order chi connectivity index (χ0) is 18.5. The van der Waals surface area contributed by atoms with Crippen LogP contribution in [0.1, 0.15) is 12.5 Å². The maximum atomic E-state index is 12.2. The Morgan fingerprint density at radius 1 is 1.38 bits per heavy atom. The van der Waals surface area contributed by atoms with Gasteiger partial charge in [-0.2, -0.15) is 5.10 Å². The van der Waals surface area contributed by atoms with Gasteiger partial charge in [0.2, 0.25) is 0 Å². The van der Waals surface area contributed by atoms with Crippen molar-refractivity contribution in [2.75, 3.05) is 7.11 Å². The summed E-state index contributed by atoms with van der Waals surface area (Å²) in [6, 6.07) is 12.7. The second-order valence-corrected chi connectivity index (χ2v) is 7.99. The Labute approximate surface area is 158 Å². The van der Waals surface area contributed by atoms with Gasteiger partial charge in [-0.15, -0.1) is 11.3 Å². The fourth-order valence-corrected chi connectivity index (χ4v) is 4.35.